The molecule has 6 rings (SSSR count). The molecule has 0 bridgehead atoms. The number of fused-ring (bicyclic) bond motifs is 1. The highest BCUT2D eigenvalue weighted by molar-refractivity contribution is 5.97. The Morgan fingerprint density at radius 1 is 0.844 bits per heavy atom. The van der Waals surface area contributed by atoms with Gasteiger partial charge >= 0.3 is 0 Å². The predicted octanol–water partition coefficient (Wildman–Crippen LogP) is 5.42. The van der Waals surface area contributed by atoms with Crippen LogP contribution in [0.3, 0.4) is 0 Å². The Bertz CT molecular complexity index is 1590. The van der Waals surface area contributed by atoms with Crippen LogP contribution in [0.4, 0.5) is 5.82 Å². The molecule has 0 N–H and O–H groups in total. The van der Waals surface area contributed by atoms with Crippen LogP contribution in [0.5, 0.6) is 5.75 Å². The maximum atomic E-state index is 14.2. The van der Waals surface area contributed by atoms with Gasteiger partial charge in [-0.15, -0.1) is 0 Å². The SMILES string of the molecule is Cc1cnccc1C(=O)N1CCC2(CCCN(c3cnccn3)CCN(Cc3ccccc3)C(=O)c3ccccc3OC2)CC1. The summed E-state index contributed by atoms with van der Waals surface area (Å²) in [6.45, 7) is 6.14. The van der Waals surface area contributed by atoms with Crippen molar-refractivity contribution in [1.29, 1.82) is 0 Å². The summed E-state index contributed by atoms with van der Waals surface area (Å²) in [7, 11) is 0. The number of amides is 2. The minimum absolute atomic E-state index is 0.0542. The largest absolute Gasteiger partial charge is 0.492 e. The van der Waals surface area contributed by atoms with Gasteiger partial charge < -0.3 is 19.4 Å². The van der Waals surface area contributed by atoms with Gasteiger partial charge in [-0.05, 0) is 61.9 Å². The quantitative estimate of drug-likeness (QED) is 0.307. The van der Waals surface area contributed by atoms with E-state index in [1.165, 1.54) is 0 Å². The van der Waals surface area contributed by atoms with Gasteiger partial charge in [0.2, 0.25) is 0 Å². The molecule has 0 radical (unpaired) electrons. The number of hydrogen-bond acceptors (Lipinski definition) is 7. The third-order valence-electron chi connectivity index (χ3n) is 9.17. The van der Waals surface area contributed by atoms with Gasteiger partial charge in [-0.2, -0.15) is 0 Å². The molecular formula is C36H40N6O3. The summed E-state index contributed by atoms with van der Waals surface area (Å²) in [5.41, 5.74) is 3.10. The zero-order chi connectivity index (χ0) is 31.1. The number of aromatic nitrogens is 3. The van der Waals surface area contributed by atoms with Crippen LogP contribution in [0.25, 0.3) is 0 Å². The predicted molar refractivity (Wildman–Crippen MR) is 173 cm³/mol. The highest BCUT2D eigenvalue weighted by atomic mass is 16.5. The summed E-state index contributed by atoms with van der Waals surface area (Å²) in [5, 5.41) is 0. The number of aryl methyl sites for hydroxylation is 1. The monoisotopic (exact) mass is 604 g/mol. The van der Waals surface area contributed by atoms with E-state index in [-0.39, 0.29) is 17.2 Å². The maximum absolute atomic E-state index is 14.2. The Kier molecular flexibility index (Phi) is 9.33. The maximum Gasteiger partial charge on any atom is 0.257 e. The molecule has 2 aliphatic heterocycles. The molecule has 2 aliphatic rings. The highest BCUT2D eigenvalue weighted by Gasteiger charge is 2.37. The lowest BCUT2D eigenvalue weighted by molar-refractivity contribution is 0.0363. The van der Waals surface area contributed by atoms with Gasteiger partial charge in [0.05, 0.1) is 18.4 Å². The number of likely N-dealkylation sites (tertiary alicyclic amines) is 1. The van der Waals surface area contributed by atoms with Gasteiger partial charge in [0.1, 0.15) is 11.6 Å². The standard InChI is InChI=1S/C36H40N6O3/c1-28-24-37-16-12-30(28)34(43)41-20-14-36(15-21-41)13-7-19-40(33-25-38-17-18-39-33)22-23-42(26-29-8-3-2-4-9-29)35(44)31-10-5-6-11-32(31)45-27-36/h2-6,8-12,16-18,24-25H,7,13-15,19-23,26-27H2,1H3. The van der Waals surface area contributed by atoms with Crippen LogP contribution in [-0.2, 0) is 6.54 Å². The molecule has 0 unspecified atom stereocenters. The van der Waals surface area contributed by atoms with Gasteiger partial charge in [0.15, 0.2) is 0 Å². The first-order chi connectivity index (χ1) is 22.0. The third-order valence-corrected chi connectivity index (χ3v) is 9.17. The number of piperidine rings is 1. The van der Waals surface area contributed by atoms with E-state index in [0.717, 1.165) is 49.2 Å². The first-order valence-electron chi connectivity index (χ1n) is 15.8. The van der Waals surface area contributed by atoms with Crippen molar-refractivity contribution in [3.63, 3.8) is 0 Å². The van der Waals surface area contributed by atoms with E-state index >= 15 is 0 Å². The summed E-state index contributed by atoms with van der Waals surface area (Å²) >= 11 is 0. The number of carbonyl (C=O) groups is 2. The number of pyridine rings is 1. The van der Waals surface area contributed by atoms with Crippen LogP contribution in [0.1, 0.15) is 57.5 Å². The van der Waals surface area contributed by atoms with Gasteiger partial charge in [-0.1, -0.05) is 42.5 Å². The molecule has 1 spiro atoms. The molecule has 2 amide bonds. The summed E-state index contributed by atoms with van der Waals surface area (Å²) < 4.78 is 6.58. The number of anilines is 1. The Morgan fingerprint density at radius 2 is 1.62 bits per heavy atom. The van der Waals surface area contributed by atoms with E-state index < -0.39 is 0 Å². The fraction of sp³-hybridized carbons (Fsp3) is 0.361. The molecule has 4 aromatic rings. The summed E-state index contributed by atoms with van der Waals surface area (Å²) in [6, 6.07) is 19.5. The van der Waals surface area contributed by atoms with Crippen LogP contribution in [-0.4, -0.2) is 75.9 Å². The third kappa shape index (κ3) is 7.14. The topological polar surface area (TPSA) is 91.8 Å². The molecule has 232 valence electrons. The lowest BCUT2D eigenvalue weighted by atomic mass is 9.75. The lowest BCUT2D eigenvalue weighted by Crippen LogP contribution is -2.46. The Hall–Kier alpha value is -4.79. The molecule has 45 heavy (non-hydrogen) atoms. The van der Waals surface area contributed by atoms with Crippen molar-refractivity contribution >= 4 is 17.6 Å². The van der Waals surface area contributed by atoms with Crippen LogP contribution < -0.4 is 9.64 Å². The zero-order valence-electron chi connectivity index (χ0n) is 25.8. The second-order valence-corrected chi connectivity index (χ2v) is 12.1. The van der Waals surface area contributed by atoms with E-state index in [9.17, 15) is 9.59 Å². The van der Waals surface area contributed by atoms with Gasteiger partial charge in [0, 0.05) is 75.0 Å². The molecule has 0 aliphatic carbocycles. The summed E-state index contributed by atoms with van der Waals surface area (Å²) in [5.74, 6) is 1.41. The van der Waals surface area contributed by atoms with Gasteiger partial charge in [0.25, 0.3) is 11.8 Å². The Morgan fingerprint density at radius 3 is 2.40 bits per heavy atom. The van der Waals surface area contributed by atoms with Crippen molar-refractivity contribution in [3.8, 4) is 5.75 Å². The molecule has 4 heterocycles. The Labute approximate surface area is 264 Å². The molecule has 0 saturated carbocycles. The highest BCUT2D eigenvalue weighted by Crippen LogP contribution is 2.38. The van der Waals surface area contributed by atoms with E-state index in [1.807, 2.05) is 71.3 Å². The first kappa shape index (κ1) is 30.2. The van der Waals surface area contributed by atoms with E-state index in [0.29, 0.717) is 56.2 Å². The van der Waals surface area contributed by atoms with Crippen LogP contribution in [0.15, 0.2) is 91.6 Å². The fourth-order valence-electron chi connectivity index (χ4n) is 6.44. The molecule has 1 saturated heterocycles. The number of para-hydroxylation sites is 1. The zero-order valence-corrected chi connectivity index (χ0v) is 25.8. The van der Waals surface area contributed by atoms with Crippen LogP contribution >= 0.6 is 0 Å². The number of benzene rings is 2. The van der Waals surface area contributed by atoms with E-state index in [2.05, 4.69) is 19.9 Å². The Balaban J connectivity index is 1.27. The summed E-state index contributed by atoms with van der Waals surface area (Å²) in [6.07, 6.45) is 12.1. The van der Waals surface area contributed by atoms with Crippen molar-refractivity contribution in [3.05, 3.63) is 114 Å². The number of hydrogen-bond donors (Lipinski definition) is 0. The molecular weight excluding hydrogens is 564 g/mol. The normalized spacial score (nSPS) is 17.4. The van der Waals surface area contributed by atoms with Gasteiger partial charge in [-0.3, -0.25) is 19.6 Å². The van der Waals surface area contributed by atoms with Crippen molar-refractivity contribution in [2.45, 2.75) is 39.2 Å². The number of ether oxygens (including phenoxy) is 1. The molecule has 0 atom stereocenters. The molecule has 1 fully saturated rings. The van der Waals surface area contributed by atoms with Crippen LogP contribution in [0.2, 0.25) is 0 Å². The van der Waals surface area contributed by atoms with E-state index in [4.69, 9.17) is 4.74 Å². The first-order valence-corrected chi connectivity index (χ1v) is 15.8. The molecule has 2 aromatic carbocycles. The van der Waals surface area contributed by atoms with E-state index in [1.54, 1.807) is 37.1 Å². The van der Waals surface area contributed by atoms with Crippen molar-refractivity contribution in [2.24, 2.45) is 5.41 Å². The average Bonchev–Trinajstić information content (AvgIpc) is 3.09. The summed E-state index contributed by atoms with van der Waals surface area (Å²) in [4.78, 5) is 46.8. The van der Waals surface area contributed by atoms with Crippen molar-refractivity contribution in [1.82, 2.24) is 24.8 Å². The lowest BCUT2D eigenvalue weighted by Gasteiger charge is -2.42. The van der Waals surface area contributed by atoms with Crippen molar-refractivity contribution < 1.29 is 14.3 Å². The molecule has 9 nitrogen and oxygen atoms in total. The second kappa shape index (κ2) is 13.9. The molecule has 9 heteroatoms. The number of carbonyl (C=O) groups excluding carboxylic acids is 2. The van der Waals surface area contributed by atoms with Crippen molar-refractivity contribution in [2.75, 3.05) is 44.2 Å². The number of nitrogens with zero attached hydrogens (tertiary/aromatic N) is 6. The van der Waals surface area contributed by atoms with Gasteiger partial charge in [-0.25, -0.2) is 4.98 Å². The van der Waals surface area contributed by atoms with Crippen LogP contribution in [0, 0.1) is 12.3 Å². The minimum atomic E-state index is -0.133. The average molecular weight is 605 g/mol. The fourth-order valence-corrected chi connectivity index (χ4v) is 6.44. The molecule has 2 aromatic heterocycles. The smallest absolute Gasteiger partial charge is 0.257 e. The number of rotatable bonds is 4. The second-order valence-electron chi connectivity index (χ2n) is 12.1. The minimum Gasteiger partial charge on any atom is -0.492 e.